The summed E-state index contributed by atoms with van der Waals surface area (Å²) >= 11 is 1.88. The topological polar surface area (TPSA) is 21.3 Å². The van der Waals surface area contributed by atoms with E-state index < -0.39 is 0 Å². The van der Waals surface area contributed by atoms with E-state index >= 15 is 0 Å². The van der Waals surface area contributed by atoms with Gasteiger partial charge in [0.15, 0.2) is 0 Å². The third-order valence-electron chi connectivity index (χ3n) is 2.02. The summed E-state index contributed by atoms with van der Waals surface area (Å²) < 4.78 is 4.98. The van der Waals surface area contributed by atoms with Gasteiger partial charge in [-0.2, -0.15) is 0 Å². The van der Waals surface area contributed by atoms with Crippen LogP contribution in [-0.4, -0.2) is 26.0 Å². The number of thioether (sulfide) groups is 1. The fourth-order valence-electron chi connectivity index (χ4n) is 1.32. The van der Waals surface area contributed by atoms with Crippen LogP contribution in [0.15, 0.2) is 29.2 Å². The Bertz CT molecular complexity index is 278. The Hall–Kier alpha value is -0.510. The van der Waals surface area contributed by atoms with Crippen LogP contribution in [0.3, 0.4) is 0 Å². The molecule has 15 heavy (non-hydrogen) atoms. The largest absolute Gasteiger partial charge is 0.383 e. The molecule has 0 bridgehead atoms. The molecule has 0 heterocycles. The summed E-state index contributed by atoms with van der Waals surface area (Å²) in [6.07, 6.45) is 0. The first kappa shape index (κ1) is 12.6. The van der Waals surface area contributed by atoms with Gasteiger partial charge in [0.2, 0.25) is 0 Å². The Labute approximate surface area is 96.4 Å². The van der Waals surface area contributed by atoms with E-state index in [2.05, 4.69) is 36.5 Å². The zero-order valence-electron chi connectivity index (χ0n) is 9.45. The van der Waals surface area contributed by atoms with Crippen LogP contribution in [0.1, 0.15) is 12.5 Å². The maximum absolute atomic E-state index is 4.98. The van der Waals surface area contributed by atoms with Gasteiger partial charge in [0.1, 0.15) is 0 Å². The molecule has 0 aliphatic rings. The zero-order chi connectivity index (χ0) is 10.9. The van der Waals surface area contributed by atoms with Crippen molar-refractivity contribution < 1.29 is 4.74 Å². The molecule has 1 aromatic carbocycles. The summed E-state index contributed by atoms with van der Waals surface area (Å²) in [4.78, 5) is 1.35. The van der Waals surface area contributed by atoms with Gasteiger partial charge in [-0.1, -0.05) is 19.1 Å². The molecule has 0 spiro atoms. The highest BCUT2D eigenvalue weighted by molar-refractivity contribution is 7.99. The third-order valence-corrected chi connectivity index (χ3v) is 2.90. The zero-order valence-corrected chi connectivity index (χ0v) is 10.3. The van der Waals surface area contributed by atoms with E-state index in [9.17, 15) is 0 Å². The number of rotatable bonds is 7. The molecule has 0 aliphatic carbocycles. The number of hydrogen-bond acceptors (Lipinski definition) is 3. The molecule has 0 aliphatic heterocycles. The Morgan fingerprint density at radius 1 is 1.40 bits per heavy atom. The average molecular weight is 225 g/mol. The first-order chi connectivity index (χ1) is 7.36. The predicted octanol–water partition coefficient (Wildman–Crippen LogP) is 2.53. The van der Waals surface area contributed by atoms with Crippen LogP contribution >= 0.6 is 11.8 Å². The molecule has 0 unspecified atom stereocenters. The monoisotopic (exact) mass is 225 g/mol. The Kier molecular flexibility index (Phi) is 6.48. The summed E-state index contributed by atoms with van der Waals surface area (Å²) in [5.41, 5.74) is 1.34. The van der Waals surface area contributed by atoms with Crippen LogP contribution in [0.25, 0.3) is 0 Å². The Balaban J connectivity index is 2.36. The molecule has 2 nitrogen and oxygen atoms in total. The summed E-state index contributed by atoms with van der Waals surface area (Å²) in [6.45, 7) is 4.76. The van der Waals surface area contributed by atoms with E-state index in [1.165, 1.54) is 10.5 Å². The lowest BCUT2D eigenvalue weighted by Crippen LogP contribution is -2.18. The summed E-state index contributed by atoms with van der Waals surface area (Å²) in [7, 11) is 1.72. The second-order valence-electron chi connectivity index (χ2n) is 3.25. The van der Waals surface area contributed by atoms with Crippen molar-refractivity contribution >= 4 is 11.8 Å². The van der Waals surface area contributed by atoms with Crippen molar-refractivity contribution in [3.05, 3.63) is 29.8 Å². The van der Waals surface area contributed by atoms with Crippen molar-refractivity contribution in [1.29, 1.82) is 0 Å². The number of methoxy groups -OCH3 is 1. The van der Waals surface area contributed by atoms with Crippen LogP contribution in [-0.2, 0) is 11.3 Å². The van der Waals surface area contributed by atoms with Gasteiger partial charge in [0.25, 0.3) is 0 Å². The van der Waals surface area contributed by atoms with Crippen molar-refractivity contribution in [2.75, 3.05) is 26.0 Å². The van der Waals surface area contributed by atoms with Crippen molar-refractivity contribution in [2.24, 2.45) is 0 Å². The molecular weight excluding hydrogens is 206 g/mol. The normalized spacial score (nSPS) is 10.5. The number of benzene rings is 1. The maximum atomic E-state index is 4.98. The fourth-order valence-corrected chi connectivity index (χ4v) is 2.06. The van der Waals surface area contributed by atoms with Gasteiger partial charge in [0, 0.05) is 25.1 Å². The first-order valence-corrected chi connectivity index (χ1v) is 6.26. The molecule has 0 radical (unpaired) electrons. The molecule has 0 saturated heterocycles. The predicted molar refractivity (Wildman–Crippen MR) is 66.4 cm³/mol. The van der Waals surface area contributed by atoms with Gasteiger partial charge in [0.05, 0.1) is 6.61 Å². The van der Waals surface area contributed by atoms with Gasteiger partial charge < -0.3 is 10.1 Å². The molecule has 3 heteroatoms. The standard InChI is InChI=1S/C12H19NOS/c1-3-15-12-6-4-5-11(9-12)10-13-7-8-14-2/h4-6,9,13H,3,7-8,10H2,1-2H3. The maximum Gasteiger partial charge on any atom is 0.0587 e. The first-order valence-electron chi connectivity index (χ1n) is 5.28. The van der Waals surface area contributed by atoms with Crippen LogP contribution in [0.5, 0.6) is 0 Å². The van der Waals surface area contributed by atoms with Gasteiger partial charge in [-0.25, -0.2) is 0 Å². The molecule has 0 atom stereocenters. The van der Waals surface area contributed by atoms with E-state index in [1.807, 2.05) is 11.8 Å². The smallest absolute Gasteiger partial charge is 0.0587 e. The van der Waals surface area contributed by atoms with Crippen molar-refractivity contribution in [3.8, 4) is 0 Å². The Morgan fingerprint density at radius 2 is 2.27 bits per heavy atom. The minimum absolute atomic E-state index is 0.767. The summed E-state index contributed by atoms with van der Waals surface area (Å²) in [6, 6.07) is 8.67. The van der Waals surface area contributed by atoms with E-state index in [4.69, 9.17) is 4.74 Å². The lowest BCUT2D eigenvalue weighted by molar-refractivity contribution is 0.199. The van der Waals surface area contributed by atoms with Gasteiger partial charge in [-0.15, -0.1) is 11.8 Å². The number of ether oxygens (including phenoxy) is 1. The lowest BCUT2D eigenvalue weighted by Gasteiger charge is -2.05. The molecule has 84 valence electrons. The highest BCUT2D eigenvalue weighted by Gasteiger charge is 1.95. The second kappa shape index (κ2) is 7.74. The molecule has 0 saturated carbocycles. The third kappa shape index (κ3) is 5.21. The summed E-state index contributed by atoms with van der Waals surface area (Å²) in [5.74, 6) is 1.13. The van der Waals surface area contributed by atoms with E-state index in [1.54, 1.807) is 7.11 Å². The van der Waals surface area contributed by atoms with Gasteiger partial charge >= 0.3 is 0 Å². The highest BCUT2D eigenvalue weighted by Crippen LogP contribution is 2.18. The fraction of sp³-hybridized carbons (Fsp3) is 0.500. The molecule has 1 rings (SSSR count). The second-order valence-corrected chi connectivity index (χ2v) is 4.59. The van der Waals surface area contributed by atoms with Crippen LogP contribution < -0.4 is 5.32 Å². The van der Waals surface area contributed by atoms with Crippen molar-refractivity contribution in [3.63, 3.8) is 0 Å². The van der Waals surface area contributed by atoms with Crippen molar-refractivity contribution in [1.82, 2.24) is 5.32 Å². The van der Waals surface area contributed by atoms with E-state index in [0.717, 1.165) is 25.4 Å². The average Bonchev–Trinajstić information content (AvgIpc) is 2.26. The highest BCUT2D eigenvalue weighted by atomic mass is 32.2. The minimum atomic E-state index is 0.767. The molecule has 1 aromatic rings. The molecule has 0 aromatic heterocycles. The van der Waals surface area contributed by atoms with Crippen LogP contribution in [0.2, 0.25) is 0 Å². The number of nitrogens with one attached hydrogen (secondary N) is 1. The van der Waals surface area contributed by atoms with E-state index in [-0.39, 0.29) is 0 Å². The minimum Gasteiger partial charge on any atom is -0.383 e. The van der Waals surface area contributed by atoms with Crippen LogP contribution in [0, 0.1) is 0 Å². The lowest BCUT2D eigenvalue weighted by atomic mass is 10.2. The SMILES string of the molecule is CCSc1cccc(CNCCOC)c1. The number of hydrogen-bond donors (Lipinski definition) is 1. The Morgan fingerprint density at radius 3 is 3.00 bits per heavy atom. The van der Waals surface area contributed by atoms with Gasteiger partial charge in [-0.05, 0) is 23.4 Å². The molecule has 0 amide bonds. The molecule has 0 fully saturated rings. The van der Waals surface area contributed by atoms with Crippen molar-refractivity contribution in [2.45, 2.75) is 18.4 Å². The molecular formula is C12H19NOS. The van der Waals surface area contributed by atoms with E-state index in [0.29, 0.717) is 0 Å². The van der Waals surface area contributed by atoms with Crippen LogP contribution in [0.4, 0.5) is 0 Å². The molecule has 1 N–H and O–H groups in total. The van der Waals surface area contributed by atoms with Gasteiger partial charge in [-0.3, -0.25) is 0 Å². The summed E-state index contributed by atoms with van der Waals surface area (Å²) in [5, 5.41) is 3.34. The quantitative estimate of drug-likeness (QED) is 0.569.